The first kappa shape index (κ1) is 58.6. The van der Waals surface area contributed by atoms with Gasteiger partial charge >= 0.3 is 0 Å². The summed E-state index contributed by atoms with van der Waals surface area (Å²) in [4.78, 5) is 52.2. The zero-order valence-corrected chi connectivity index (χ0v) is 38.1. The van der Waals surface area contributed by atoms with Crippen LogP contribution in [0.1, 0.15) is 39.5 Å². The number of rotatable bonds is 25. The Balaban J connectivity index is 1.37. The molecule has 0 aliphatic carbocycles. The lowest BCUT2D eigenvalue weighted by Gasteiger charge is -2.46. The molecule has 400 valence electrons. The normalized spacial score (nSPS) is 38.2. The minimum absolute atomic E-state index is 0.133. The summed E-state index contributed by atoms with van der Waals surface area (Å²) >= 11 is 0. The summed E-state index contributed by atoms with van der Waals surface area (Å²) in [5.74, 6) is -2.31. The first-order valence-corrected chi connectivity index (χ1v) is 22.6. The van der Waals surface area contributed by atoms with Crippen molar-refractivity contribution in [2.75, 3.05) is 65.8 Å². The van der Waals surface area contributed by atoms with Gasteiger partial charge in [-0.2, -0.15) is 0 Å². The highest BCUT2D eigenvalue weighted by Crippen LogP contribution is 2.31. The molecule has 0 spiro atoms. The van der Waals surface area contributed by atoms with Gasteiger partial charge in [0.1, 0.15) is 105 Å². The lowest BCUT2D eigenvalue weighted by atomic mass is 9.96. The van der Waals surface area contributed by atoms with Gasteiger partial charge in [-0.3, -0.25) is 19.2 Å². The van der Waals surface area contributed by atoms with Gasteiger partial charge < -0.3 is 125 Å². The van der Waals surface area contributed by atoms with Crippen molar-refractivity contribution in [3.63, 3.8) is 0 Å². The second-order valence-corrected chi connectivity index (χ2v) is 16.9. The first-order chi connectivity index (χ1) is 32.7. The van der Waals surface area contributed by atoms with Gasteiger partial charge in [0.2, 0.25) is 23.6 Å². The third-order valence-corrected chi connectivity index (χ3v) is 11.7. The fourth-order valence-corrected chi connectivity index (χ4v) is 7.65. The molecule has 4 fully saturated rings. The van der Waals surface area contributed by atoms with Crippen molar-refractivity contribution < 1.29 is 123 Å². The number of nitrogens with one attached hydrogen (secondary N) is 3. The quantitative estimate of drug-likeness (QED) is 0.0378. The summed E-state index contributed by atoms with van der Waals surface area (Å²) in [5, 5.41) is 141. The Labute approximate surface area is 395 Å². The second kappa shape index (κ2) is 28.3. The van der Waals surface area contributed by atoms with Crippen LogP contribution in [0, 0.1) is 0 Å². The Morgan fingerprint density at radius 3 is 1.51 bits per heavy atom. The highest BCUT2D eigenvalue weighted by molar-refractivity contribution is 5.89. The lowest BCUT2D eigenvalue weighted by Crippen LogP contribution is -2.65. The first-order valence-electron chi connectivity index (χ1n) is 22.6. The standard InChI is InChI=1S/C40H70N4O25/c1-3-41-21(47)6-4-5-7-24(50)44(12-22(48)42-8-10-62-37-32(58)29(55)25(51)17(2)65-37)13-23(49)43-9-11-63-39-35(61)36(69-40-34(60)31(57)27(53)19(15-46)67-40)28(54)20(68-39)16-64-38-33(59)30(56)26(52)18(14-45)66-38/h17-20,25-40,45-46,51-61H,3-16H2,1-2H3,(H,41,47)(H,42,48)(H,43,49)/t17-,18+,19+,20+,25+,26+,27+,28+,29+,30-,31-,32-,33-,34-,35-,36-,37+,38-,39-,40+/m0/s1. The van der Waals surface area contributed by atoms with Crippen molar-refractivity contribution in [1.82, 2.24) is 20.9 Å². The van der Waals surface area contributed by atoms with Crippen LogP contribution in [0.2, 0.25) is 0 Å². The Hall–Kier alpha value is -2.96. The molecule has 4 aliphatic rings. The Kier molecular flexibility index (Phi) is 24.1. The van der Waals surface area contributed by atoms with Crippen LogP contribution in [0.4, 0.5) is 0 Å². The van der Waals surface area contributed by atoms with E-state index in [4.69, 9.17) is 37.9 Å². The molecule has 0 aromatic rings. The number of nitrogens with zero attached hydrogens (tertiary/aromatic N) is 1. The summed E-state index contributed by atoms with van der Waals surface area (Å²) in [7, 11) is 0. The van der Waals surface area contributed by atoms with Gasteiger partial charge in [-0.15, -0.1) is 0 Å². The van der Waals surface area contributed by atoms with E-state index < -0.39 is 180 Å². The molecule has 20 atom stereocenters. The van der Waals surface area contributed by atoms with E-state index >= 15 is 0 Å². The van der Waals surface area contributed by atoms with Crippen molar-refractivity contribution in [2.24, 2.45) is 0 Å². The average molecular weight is 1010 g/mol. The summed E-state index contributed by atoms with van der Waals surface area (Å²) in [6.45, 7) is -1.09. The molecule has 0 aromatic carbocycles. The molecule has 69 heavy (non-hydrogen) atoms. The number of aliphatic hydroxyl groups excluding tert-OH is 13. The molecule has 0 unspecified atom stereocenters. The Morgan fingerprint density at radius 1 is 0.507 bits per heavy atom. The van der Waals surface area contributed by atoms with Crippen molar-refractivity contribution in [2.45, 2.75) is 162 Å². The maximum atomic E-state index is 13.3. The van der Waals surface area contributed by atoms with Crippen molar-refractivity contribution >= 4 is 23.6 Å². The van der Waals surface area contributed by atoms with Crippen LogP contribution < -0.4 is 16.0 Å². The molecule has 4 rings (SSSR count). The van der Waals surface area contributed by atoms with Gasteiger partial charge in [-0.25, -0.2) is 0 Å². The molecule has 4 aliphatic heterocycles. The molecule has 4 amide bonds. The lowest BCUT2D eigenvalue weighted by molar-refractivity contribution is -0.366. The van der Waals surface area contributed by atoms with E-state index in [1.54, 1.807) is 6.92 Å². The van der Waals surface area contributed by atoms with E-state index in [1.807, 2.05) is 0 Å². The van der Waals surface area contributed by atoms with Gasteiger partial charge in [0, 0.05) is 32.5 Å². The number of carbonyl (C=O) groups excluding carboxylic acids is 4. The van der Waals surface area contributed by atoms with E-state index in [1.165, 1.54) is 6.92 Å². The number of aliphatic hydroxyl groups is 13. The van der Waals surface area contributed by atoms with Crippen LogP contribution in [0.15, 0.2) is 0 Å². The van der Waals surface area contributed by atoms with Crippen LogP contribution in [-0.2, 0) is 57.1 Å². The van der Waals surface area contributed by atoms with E-state index in [0.717, 1.165) is 4.90 Å². The summed E-state index contributed by atoms with van der Waals surface area (Å²) in [5.41, 5.74) is 0. The maximum absolute atomic E-state index is 13.3. The van der Waals surface area contributed by atoms with Crippen LogP contribution in [0.25, 0.3) is 0 Å². The van der Waals surface area contributed by atoms with E-state index in [9.17, 15) is 85.6 Å². The van der Waals surface area contributed by atoms with Crippen LogP contribution in [0.3, 0.4) is 0 Å². The largest absolute Gasteiger partial charge is 0.394 e. The van der Waals surface area contributed by atoms with Gasteiger partial charge in [0.15, 0.2) is 25.2 Å². The molecule has 0 saturated carbocycles. The van der Waals surface area contributed by atoms with E-state index in [0.29, 0.717) is 13.0 Å². The van der Waals surface area contributed by atoms with Crippen LogP contribution >= 0.6 is 0 Å². The predicted octanol–water partition coefficient (Wildman–Crippen LogP) is -9.95. The molecule has 16 N–H and O–H groups in total. The minimum atomic E-state index is -1.98. The molecular formula is C40H70N4O25. The predicted molar refractivity (Wildman–Crippen MR) is 223 cm³/mol. The second-order valence-electron chi connectivity index (χ2n) is 16.9. The number of hydrogen-bond donors (Lipinski definition) is 16. The number of unbranched alkanes of at least 4 members (excludes halogenated alkanes) is 1. The van der Waals surface area contributed by atoms with E-state index in [-0.39, 0.29) is 44.9 Å². The van der Waals surface area contributed by atoms with Crippen LogP contribution in [-0.4, -0.2) is 283 Å². The van der Waals surface area contributed by atoms with Gasteiger partial charge in [-0.05, 0) is 26.7 Å². The fourth-order valence-electron chi connectivity index (χ4n) is 7.65. The minimum Gasteiger partial charge on any atom is -0.394 e. The number of hydrogen-bond acceptors (Lipinski definition) is 25. The molecule has 4 saturated heterocycles. The molecule has 0 aromatic heterocycles. The van der Waals surface area contributed by atoms with Crippen molar-refractivity contribution in [3.05, 3.63) is 0 Å². The fraction of sp³-hybridized carbons (Fsp3) is 0.900. The topological polar surface area (TPSA) is 444 Å². The molecule has 0 bridgehead atoms. The van der Waals surface area contributed by atoms with Gasteiger partial charge in [0.05, 0.1) is 39.1 Å². The summed E-state index contributed by atoms with van der Waals surface area (Å²) < 4.78 is 44.1. The maximum Gasteiger partial charge on any atom is 0.239 e. The number of carbonyl (C=O) groups is 4. The van der Waals surface area contributed by atoms with E-state index in [2.05, 4.69) is 16.0 Å². The SMILES string of the molecule is CCNC(=O)CCCCC(=O)N(CC(=O)NCCO[C@@H]1O[C@@H](C)[C@@H](O)[C@@H](O)[C@@H]1O)CC(=O)NCCO[C@H]1O[C@H](CO[C@H]2O[C@H](CO)[C@@H](O)[C@H](O)[C@@H]2O)[C@@H](O)[C@H](O[C@H]2O[C@H](CO)[C@@H](O)[C@H](O)[C@@H]2O)[C@@H]1O. The zero-order valence-electron chi connectivity index (χ0n) is 38.1. The Bertz CT molecular complexity index is 1590. The van der Waals surface area contributed by atoms with Crippen molar-refractivity contribution in [3.8, 4) is 0 Å². The summed E-state index contributed by atoms with van der Waals surface area (Å²) in [6.07, 6.45) is -32.5. The van der Waals surface area contributed by atoms with Crippen LogP contribution in [0.5, 0.6) is 0 Å². The van der Waals surface area contributed by atoms with Gasteiger partial charge in [0.25, 0.3) is 0 Å². The molecule has 29 heteroatoms. The Morgan fingerprint density at radius 2 is 0.971 bits per heavy atom. The zero-order chi connectivity index (χ0) is 51.1. The highest BCUT2D eigenvalue weighted by atomic mass is 16.8. The molecule has 29 nitrogen and oxygen atoms in total. The van der Waals surface area contributed by atoms with Gasteiger partial charge in [-0.1, -0.05) is 0 Å². The third-order valence-electron chi connectivity index (χ3n) is 11.7. The average Bonchev–Trinajstić information content (AvgIpc) is 3.32. The molecule has 4 heterocycles. The molecule has 0 radical (unpaired) electrons. The smallest absolute Gasteiger partial charge is 0.239 e. The third kappa shape index (κ3) is 16.3. The number of amides is 4. The summed E-state index contributed by atoms with van der Waals surface area (Å²) in [6, 6.07) is 0. The van der Waals surface area contributed by atoms with Crippen molar-refractivity contribution in [1.29, 1.82) is 0 Å². The number of ether oxygens (including phenoxy) is 8. The monoisotopic (exact) mass is 1010 g/mol. The molecular weight excluding hydrogens is 936 g/mol. The highest BCUT2D eigenvalue weighted by Gasteiger charge is 2.52.